The maximum Gasteiger partial charge on any atom is 0.239 e. The number of thiocarbonyl (C=S) groups is 1. The Morgan fingerprint density at radius 2 is 2.00 bits per heavy atom. The van der Waals surface area contributed by atoms with Gasteiger partial charge in [0.05, 0.1) is 12.3 Å². The normalized spacial score (nSPS) is 14.6. The molecule has 1 aliphatic rings. The molecular formula is C14H23N3O3S2. The van der Waals surface area contributed by atoms with Gasteiger partial charge in [0.2, 0.25) is 17.7 Å². The molecule has 8 heteroatoms. The van der Waals surface area contributed by atoms with Crippen molar-refractivity contribution < 1.29 is 14.4 Å². The van der Waals surface area contributed by atoms with Crippen LogP contribution in [0.1, 0.15) is 39.5 Å². The summed E-state index contributed by atoms with van der Waals surface area (Å²) < 4.78 is 0.652. The zero-order chi connectivity index (χ0) is 16.5. The van der Waals surface area contributed by atoms with Gasteiger partial charge in [0.25, 0.3) is 0 Å². The third-order valence-electron chi connectivity index (χ3n) is 3.02. The lowest BCUT2D eigenvalue weighted by atomic mass is 10.2. The van der Waals surface area contributed by atoms with Gasteiger partial charge in [-0.25, -0.2) is 0 Å². The van der Waals surface area contributed by atoms with Crippen LogP contribution in [0.15, 0.2) is 0 Å². The maximum atomic E-state index is 11.6. The Balaban J connectivity index is 2.04. The van der Waals surface area contributed by atoms with Crippen molar-refractivity contribution in [2.24, 2.45) is 0 Å². The molecule has 3 amide bonds. The number of carbonyl (C=O) groups excluding carboxylic acids is 3. The highest BCUT2D eigenvalue weighted by atomic mass is 32.2. The highest BCUT2D eigenvalue weighted by Gasteiger charge is 2.25. The van der Waals surface area contributed by atoms with Crippen LogP contribution in [-0.2, 0) is 14.4 Å². The molecule has 0 spiro atoms. The molecular weight excluding hydrogens is 322 g/mol. The molecule has 2 N–H and O–H groups in total. The summed E-state index contributed by atoms with van der Waals surface area (Å²) in [5.41, 5.74) is 0. The molecule has 1 fully saturated rings. The highest BCUT2D eigenvalue weighted by molar-refractivity contribution is 8.23. The Kier molecular flexibility index (Phi) is 8.40. The average molecular weight is 345 g/mol. The van der Waals surface area contributed by atoms with E-state index in [1.807, 2.05) is 13.8 Å². The van der Waals surface area contributed by atoms with Crippen molar-refractivity contribution in [3.8, 4) is 0 Å². The topological polar surface area (TPSA) is 78.5 Å². The highest BCUT2D eigenvalue weighted by Crippen LogP contribution is 2.19. The van der Waals surface area contributed by atoms with E-state index < -0.39 is 0 Å². The molecule has 0 unspecified atom stereocenters. The fraction of sp³-hybridized carbons (Fsp3) is 0.714. The van der Waals surface area contributed by atoms with Crippen LogP contribution in [-0.4, -0.2) is 51.8 Å². The first-order valence-corrected chi connectivity index (χ1v) is 8.82. The van der Waals surface area contributed by atoms with E-state index in [9.17, 15) is 14.4 Å². The quantitative estimate of drug-likeness (QED) is 0.482. The number of hydrogen-bond donors (Lipinski definition) is 2. The molecule has 0 aromatic rings. The van der Waals surface area contributed by atoms with Gasteiger partial charge in [-0.1, -0.05) is 30.4 Å². The van der Waals surface area contributed by atoms with Crippen LogP contribution < -0.4 is 10.6 Å². The molecule has 1 aliphatic heterocycles. The number of rotatable bonds is 9. The average Bonchev–Trinajstić information content (AvgIpc) is 2.75. The molecule has 1 rings (SSSR count). The van der Waals surface area contributed by atoms with Crippen LogP contribution in [0, 0.1) is 0 Å². The van der Waals surface area contributed by atoms with E-state index in [1.165, 1.54) is 11.8 Å². The lowest BCUT2D eigenvalue weighted by Crippen LogP contribution is -2.39. The first-order valence-electron chi connectivity index (χ1n) is 7.43. The van der Waals surface area contributed by atoms with Crippen molar-refractivity contribution in [3.63, 3.8) is 0 Å². The molecule has 0 saturated carbocycles. The zero-order valence-electron chi connectivity index (χ0n) is 13.0. The van der Waals surface area contributed by atoms with E-state index >= 15 is 0 Å². The number of carbonyl (C=O) groups is 3. The molecule has 0 radical (unpaired) electrons. The largest absolute Gasteiger partial charge is 0.352 e. The Labute approximate surface area is 140 Å². The summed E-state index contributed by atoms with van der Waals surface area (Å²) in [4.78, 5) is 36.1. The van der Waals surface area contributed by atoms with E-state index in [2.05, 4.69) is 10.6 Å². The number of amides is 3. The van der Waals surface area contributed by atoms with Crippen molar-refractivity contribution in [2.45, 2.75) is 45.6 Å². The van der Waals surface area contributed by atoms with Gasteiger partial charge in [0.1, 0.15) is 4.32 Å². The number of nitrogens with one attached hydrogen (secondary N) is 2. The van der Waals surface area contributed by atoms with E-state index in [-0.39, 0.29) is 30.3 Å². The fourth-order valence-electron chi connectivity index (χ4n) is 1.97. The smallest absolute Gasteiger partial charge is 0.239 e. The summed E-state index contributed by atoms with van der Waals surface area (Å²) in [6, 6.07) is 0.0712. The van der Waals surface area contributed by atoms with Crippen molar-refractivity contribution in [3.05, 3.63) is 0 Å². The fourth-order valence-corrected chi connectivity index (χ4v) is 3.09. The lowest BCUT2D eigenvalue weighted by Gasteiger charge is -2.14. The summed E-state index contributed by atoms with van der Waals surface area (Å²) in [5, 5.41) is 5.30. The predicted octanol–water partition coefficient (Wildman–Crippen LogP) is 1.05. The Morgan fingerprint density at radius 3 is 2.59 bits per heavy atom. The molecule has 1 saturated heterocycles. The summed E-state index contributed by atoms with van der Waals surface area (Å²) in [5.74, 6) is 0.215. The molecule has 0 aromatic heterocycles. The van der Waals surface area contributed by atoms with Gasteiger partial charge in [0, 0.05) is 19.0 Å². The minimum atomic E-state index is -0.179. The molecule has 0 atom stereocenters. The monoisotopic (exact) mass is 345 g/mol. The molecule has 0 aromatic carbocycles. The third-order valence-corrected chi connectivity index (χ3v) is 4.45. The van der Waals surface area contributed by atoms with Crippen LogP contribution >= 0.6 is 24.0 Å². The number of unbranched alkanes of at least 4 members (excludes halogenated alkanes) is 2. The van der Waals surface area contributed by atoms with Gasteiger partial charge >= 0.3 is 0 Å². The van der Waals surface area contributed by atoms with E-state index in [1.54, 1.807) is 4.90 Å². The summed E-state index contributed by atoms with van der Waals surface area (Å²) >= 11 is 6.49. The molecule has 1 heterocycles. The van der Waals surface area contributed by atoms with E-state index in [0.29, 0.717) is 23.0 Å². The first kappa shape index (κ1) is 18.9. The standard InChI is InChI=1S/C14H23N3O3S2/c1-10(2)16-12(19)8-15-11(18)6-4-3-5-7-17-13(20)9-22-14(17)21/h10H,3-9H2,1-2H3,(H,15,18)(H,16,19). The van der Waals surface area contributed by atoms with Crippen LogP contribution in [0.25, 0.3) is 0 Å². The van der Waals surface area contributed by atoms with Gasteiger partial charge in [-0.05, 0) is 26.7 Å². The molecule has 124 valence electrons. The van der Waals surface area contributed by atoms with Crippen LogP contribution in [0.2, 0.25) is 0 Å². The zero-order valence-corrected chi connectivity index (χ0v) is 14.6. The number of nitrogens with zero attached hydrogens (tertiary/aromatic N) is 1. The van der Waals surface area contributed by atoms with Gasteiger partial charge in [-0.3, -0.25) is 19.3 Å². The van der Waals surface area contributed by atoms with E-state index in [4.69, 9.17) is 12.2 Å². The van der Waals surface area contributed by atoms with Crippen LogP contribution in [0.5, 0.6) is 0 Å². The minimum absolute atomic E-state index is 0.0186. The molecule has 0 aliphatic carbocycles. The van der Waals surface area contributed by atoms with Crippen molar-refractivity contribution in [2.75, 3.05) is 18.8 Å². The van der Waals surface area contributed by atoms with Gasteiger partial charge in [-0.15, -0.1) is 0 Å². The number of hydrogen-bond acceptors (Lipinski definition) is 5. The van der Waals surface area contributed by atoms with Gasteiger partial charge in [-0.2, -0.15) is 0 Å². The van der Waals surface area contributed by atoms with Crippen LogP contribution in [0.4, 0.5) is 0 Å². The molecule has 6 nitrogen and oxygen atoms in total. The van der Waals surface area contributed by atoms with Gasteiger partial charge < -0.3 is 10.6 Å². The van der Waals surface area contributed by atoms with Crippen molar-refractivity contribution in [1.29, 1.82) is 0 Å². The predicted molar refractivity (Wildman–Crippen MR) is 91.5 cm³/mol. The van der Waals surface area contributed by atoms with Crippen molar-refractivity contribution >= 4 is 46.0 Å². The summed E-state index contributed by atoms with van der Waals surface area (Å²) in [7, 11) is 0. The minimum Gasteiger partial charge on any atom is -0.352 e. The molecule has 22 heavy (non-hydrogen) atoms. The second kappa shape index (κ2) is 9.78. The summed E-state index contributed by atoms with van der Waals surface area (Å²) in [6.45, 7) is 4.39. The Morgan fingerprint density at radius 1 is 1.27 bits per heavy atom. The Hall–Kier alpha value is -1.15. The second-order valence-corrected chi connectivity index (χ2v) is 7.02. The summed E-state index contributed by atoms with van der Waals surface area (Å²) in [6.07, 6.45) is 2.80. The van der Waals surface area contributed by atoms with Crippen LogP contribution in [0.3, 0.4) is 0 Å². The third kappa shape index (κ3) is 7.22. The molecule has 0 bridgehead atoms. The number of thioether (sulfide) groups is 1. The lowest BCUT2D eigenvalue weighted by molar-refractivity contribution is -0.126. The van der Waals surface area contributed by atoms with Crippen molar-refractivity contribution in [1.82, 2.24) is 15.5 Å². The SMILES string of the molecule is CC(C)NC(=O)CNC(=O)CCCCCN1C(=O)CSC1=S. The second-order valence-electron chi connectivity index (χ2n) is 5.41. The van der Waals surface area contributed by atoms with Gasteiger partial charge in [0.15, 0.2) is 0 Å². The Bertz CT molecular complexity index is 425. The first-order chi connectivity index (χ1) is 10.4. The maximum absolute atomic E-state index is 11.6. The van der Waals surface area contributed by atoms with E-state index in [0.717, 1.165) is 19.3 Å².